The third kappa shape index (κ3) is 3.40. The molecule has 20 heavy (non-hydrogen) atoms. The average Bonchev–Trinajstić information content (AvgIpc) is 2.77. The smallest absolute Gasteiger partial charge is 0.126 e. The van der Waals surface area contributed by atoms with Crippen LogP contribution in [0.2, 0.25) is 0 Å². The molecule has 1 heterocycles. The van der Waals surface area contributed by atoms with Crippen LogP contribution < -0.4 is 10.6 Å². The monoisotopic (exact) mass is 356 g/mol. The fourth-order valence-electron chi connectivity index (χ4n) is 2.13. The Balaban J connectivity index is 2.33. The Labute approximate surface area is 131 Å². The van der Waals surface area contributed by atoms with E-state index in [1.165, 1.54) is 4.88 Å². The fourth-order valence-corrected chi connectivity index (χ4v) is 3.64. The summed E-state index contributed by atoms with van der Waals surface area (Å²) >= 11 is 5.16. The molecule has 2 rings (SSSR count). The number of aryl methyl sites for hydroxylation is 1. The Morgan fingerprint density at radius 2 is 2.10 bits per heavy atom. The molecule has 0 saturated carbocycles. The molecular formula is C15H18BrFN2S. The molecule has 0 fully saturated rings. The summed E-state index contributed by atoms with van der Waals surface area (Å²) in [5.74, 6) is -0.201. The lowest BCUT2D eigenvalue weighted by atomic mass is 10.0. The molecule has 0 bridgehead atoms. The number of rotatable bonds is 4. The van der Waals surface area contributed by atoms with Gasteiger partial charge in [0.1, 0.15) is 5.82 Å². The molecule has 0 amide bonds. The van der Waals surface area contributed by atoms with Gasteiger partial charge in [-0.25, -0.2) is 4.39 Å². The van der Waals surface area contributed by atoms with E-state index in [9.17, 15) is 4.39 Å². The van der Waals surface area contributed by atoms with Gasteiger partial charge in [-0.1, -0.05) is 0 Å². The summed E-state index contributed by atoms with van der Waals surface area (Å²) in [6.45, 7) is 4.43. The second-order valence-corrected chi connectivity index (χ2v) is 6.95. The van der Waals surface area contributed by atoms with Crippen LogP contribution in [0.25, 0.3) is 0 Å². The number of hydrogen-bond acceptors (Lipinski definition) is 3. The number of anilines is 1. The summed E-state index contributed by atoms with van der Waals surface area (Å²) in [7, 11) is 2.01. The lowest BCUT2D eigenvalue weighted by Gasteiger charge is -2.24. The van der Waals surface area contributed by atoms with E-state index in [4.69, 9.17) is 5.73 Å². The Bertz CT molecular complexity index is 610. The van der Waals surface area contributed by atoms with E-state index in [1.807, 2.05) is 20.0 Å². The summed E-state index contributed by atoms with van der Waals surface area (Å²) in [6, 6.07) is 5.33. The van der Waals surface area contributed by atoms with Gasteiger partial charge in [-0.3, -0.25) is 0 Å². The van der Waals surface area contributed by atoms with Gasteiger partial charge in [0.05, 0.1) is 6.54 Å². The summed E-state index contributed by atoms with van der Waals surface area (Å²) in [6.07, 6.45) is 0. The maximum Gasteiger partial charge on any atom is 0.126 e. The van der Waals surface area contributed by atoms with Crippen molar-refractivity contribution < 1.29 is 4.39 Å². The van der Waals surface area contributed by atoms with Crippen LogP contribution in [-0.2, 0) is 6.54 Å². The van der Waals surface area contributed by atoms with Crippen molar-refractivity contribution in [1.82, 2.24) is 0 Å². The summed E-state index contributed by atoms with van der Waals surface area (Å²) in [5, 5.41) is 2.06. The molecule has 0 aliphatic carbocycles. The first-order valence-corrected chi connectivity index (χ1v) is 8.05. The average molecular weight is 357 g/mol. The molecule has 0 unspecified atom stereocenters. The second kappa shape index (κ2) is 6.24. The molecule has 0 radical (unpaired) electrons. The zero-order valence-corrected chi connectivity index (χ0v) is 14.2. The third-order valence-electron chi connectivity index (χ3n) is 3.22. The molecule has 1 aromatic heterocycles. The van der Waals surface area contributed by atoms with Crippen LogP contribution in [0.4, 0.5) is 10.1 Å². The van der Waals surface area contributed by atoms with E-state index < -0.39 is 0 Å². The van der Waals surface area contributed by atoms with Gasteiger partial charge < -0.3 is 10.6 Å². The van der Waals surface area contributed by atoms with Gasteiger partial charge in [-0.2, -0.15) is 0 Å². The number of halogens is 2. The number of nitrogens with two attached hydrogens (primary N) is 1. The normalized spacial score (nSPS) is 12.5. The first-order valence-electron chi connectivity index (χ1n) is 6.38. The summed E-state index contributed by atoms with van der Waals surface area (Å²) < 4.78 is 14.8. The highest BCUT2D eigenvalue weighted by Gasteiger charge is 2.15. The van der Waals surface area contributed by atoms with Crippen LogP contribution in [0.15, 0.2) is 28.1 Å². The molecular weight excluding hydrogens is 339 g/mol. The minimum Gasteiger partial charge on any atom is -0.369 e. The standard InChI is InChI=1S/C15H18BrFN2S/c1-9-4-15(13(10(2)18)6-14(9)17)19(3)7-12-5-11(16)8-20-12/h4-6,8,10H,7,18H2,1-3H3/t10-/m1/s1. The molecule has 2 aromatic rings. The van der Waals surface area contributed by atoms with Crippen LogP contribution in [0.5, 0.6) is 0 Å². The van der Waals surface area contributed by atoms with E-state index in [0.29, 0.717) is 5.56 Å². The molecule has 1 aromatic carbocycles. The van der Waals surface area contributed by atoms with Crippen molar-refractivity contribution in [1.29, 1.82) is 0 Å². The summed E-state index contributed by atoms with van der Waals surface area (Å²) in [5.41, 5.74) is 8.44. The van der Waals surface area contributed by atoms with Gasteiger partial charge in [0, 0.05) is 33.5 Å². The van der Waals surface area contributed by atoms with Crippen molar-refractivity contribution in [2.45, 2.75) is 26.4 Å². The molecule has 0 spiro atoms. The van der Waals surface area contributed by atoms with Gasteiger partial charge in [0.2, 0.25) is 0 Å². The van der Waals surface area contributed by atoms with Crippen molar-refractivity contribution in [2.24, 2.45) is 5.73 Å². The van der Waals surface area contributed by atoms with Gasteiger partial charge in [0.25, 0.3) is 0 Å². The van der Waals surface area contributed by atoms with Crippen LogP contribution in [-0.4, -0.2) is 7.05 Å². The molecule has 2 nitrogen and oxygen atoms in total. The molecule has 2 N–H and O–H groups in total. The maximum atomic E-state index is 13.7. The van der Waals surface area contributed by atoms with Crippen LogP contribution >= 0.6 is 27.3 Å². The first-order chi connectivity index (χ1) is 9.38. The van der Waals surface area contributed by atoms with Crippen molar-refractivity contribution in [3.63, 3.8) is 0 Å². The molecule has 108 valence electrons. The number of nitrogens with zero attached hydrogens (tertiary/aromatic N) is 1. The lowest BCUT2D eigenvalue weighted by Crippen LogP contribution is -2.20. The first kappa shape index (κ1) is 15.5. The molecule has 0 aliphatic rings. The summed E-state index contributed by atoms with van der Waals surface area (Å²) in [4.78, 5) is 3.36. The maximum absolute atomic E-state index is 13.7. The second-order valence-electron chi connectivity index (χ2n) is 5.04. The van der Waals surface area contributed by atoms with E-state index in [0.717, 1.165) is 22.3 Å². The number of hydrogen-bond donors (Lipinski definition) is 1. The highest BCUT2D eigenvalue weighted by atomic mass is 79.9. The predicted molar refractivity (Wildman–Crippen MR) is 87.9 cm³/mol. The Kier molecular flexibility index (Phi) is 4.83. The van der Waals surface area contributed by atoms with Crippen LogP contribution in [0, 0.1) is 12.7 Å². The fraction of sp³-hybridized carbons (Fsp3) is 0.333. The minimum absolute atomic E-state index is 0.197. The van der Waals surface area contributed by atoms with E-state index in [1.54, 1.807) is 24.3 Å². The van der Waals surface area contributed by atoms with Crippen LogP contribution in [0.1, 0.15) is 29.0 Å². The minimum atomic E-state index is -0.201. The Morgan fingerprint density at radius 1 is 1.40 bits per heavy atom. The largest absolute Gasteiger partial charge is 0.369 e. The highest BCUT2D eigenvalue weighted by Crippen LogP contribution is 2.30. The van der Waals surface area contributed by atoms with Crippen molar-refractivity contribution in [3.8, 4) is 0 Å². The number of benzene rings is 1. The predicted octanol–water partition coefficient (Wildman–Crippen LogP) is 4.61. The van der Waals surface area contributed by atoms with E-state index in [2.05, 4.69) is 32.3 Å². The molecule has 0 aliphatic heterocycles. The Morgan fingerprint density at radius 3 is 2.65 bits per heavy atom. The van der Waals surface area contributed by atoms with Gasteiger partial charge in [-0.05, 0) is 59.1 Å². The molecule has 1 atom stereocenters. The Hall–Kier alpha value is -0.910. The van der Waals surface area contributed by atoms with Gasteiger partial charge in [0.15, 0.2) is 0 Å². The highest BCUT2D eigenvalue weighted by molar-refractivity contribution is 9.10. The van der Waals surface area contributed by atoms with E-state index in [-0.39, 0.29) is 11.9 Å². The topological polar surface area (TPSA) is 29.3 Å². The quantitative estimate of drug-likeness (QED) is 0.866. The lowest BCUT2D eigenvalue weighted by molar-refractivity contribution is 0.612. The third-order valence-corrected chi connectivity index (χ3v) is 4.91. The van der Waals surface area contributed by atoms with Crippen LogP contribution in [0.3, 0.4) is 0 Å². The van der Waals surface area contributed by atoms with Crippen molar-refractivity contribution >= 4 is 33.0 Å². The zero-order chi connectivity index (χ0) is 14.9. The van der Waals surface area contributed by atoms with Gasteiger partial charge in [-0.15, -0.1) is 11.3 Å². The van der Waals surface area contributed by atoms with Crippen molar-refractivity contribution in [3.05, 3.63) is 49.9 Å². The molecule has 5 heteroatoms. The van der Waals surface area contributed by atoms with Crippen molar-refractivity contribution in [2.75, 3.05) is 11.9 Å². The van der Waals surface area contributed by atoms with Gasteiger partial charge >= 0.3 is 0 Å². The zero-order valence-electron chi connectivity index (χ0n) is 11.8. The molecule has 0 saturated heterocycles. The SMILES string of the molecule is Cc1cc(N(C)Cc2cc(Br)cs2)c([C@@H](C)N)cc1F. The van der Waals surface area contributed by atoms with E-state index >= 15 is 0 Å². The number of thiophene rings is 1.